The van der Waals surface area contributed by atoms with Gasteiger partial charge in [0.15, 0.2) is 0 Å². The zero-order chi connectivity index (χ0) is 14.5. The van der Waals surface area contributed by atoms with Crippen molar-refractivity contribution in [3.63, 3.8) is 0 Å². The van der Waals surface area contributed by atoms with Crippen LogP contribution in [0.15, 0.2) is 0 Å². The lowest BCUT2D eigenvalue weighted by atomic mass is 10.0. The summed E-state index contributed by atoms with van der Waals surface area (Å²) in [4.78, 5) is 17.1. The zero-order valence-electron chi connectivity index (χ0n) is 12.1. The molecule has 112 valence electrons. The van der Waals surface area contributed by atoms with Gasteiger partial charge in [-0.2, -0.15) is 15.0 Å². The summed E-state index contributed by atoms with van der Waals surface area (Å²) >= 11 is 6.04. The highest BCUT2D eigenvalue weighted by Gasteiger charge is 2.25. The highest BCUT2D eigenvalue weighted by Crippen LogP contribution is 2.24. The molecule has 0 amide bonds. The van der Waals surface area contributed by atoms with Crippen molar-refractivity contribution in [2.24, 2.45) is 0 Å². The molecule has 1 aromatic rings. The van der Waals surface area contributed by atoms with Crippen LogP contribution in [0, 0.1) is 0 Å². The normalized spacial score (nSPS) is 19.2. The number of piperidine rings is 1. The molecule has 0 bridgehead atoms. The van der Waals surface area contributed by atoms with Crippen LogP contribution in [0.1, 0.15) is 33.1 Å². The third-order valence-corrected chi connectivity index (χ3v) is 3.89. The van der Waals surface area contributed by atoms with Crippen LogP contribution in [0.25, 0.3) is 0 Å². The minimum atomic E-state index is 0.0757. The Morgan fingerprint density at radius 1 is 1.25 bits per heavy atom. The first-order valence-corrected chi connectivity index (χ1v) is 7.61. The van der Waals surface area contributed by atoms with Crippen LogP contribution < -0.4 is 9.80 Å². The van der Waals surface area contributed by atoms with Crippen LogP contribution >= 0.6 is 11.6 Å². The zero-order valence-corrected chi connectivity index (χ0v) is 12.8. The smallest absolute Gasteiger partial charge is 0.231 e. The standard InChI is InChI=1S/C13H22ClN5O/c1-3-18(4-2)12-15-11(14)16-13(17-12)19-8-6-5-7-10(19)9-20/h10,20H,3-9H2,1-2H3. The van der Waals surface area contributed by atoms with E-state index >= 15 is 0 Å². The topological polar surface area (TPSA) is 65.4 Å². The Bertz CT molecular complexity index is 441. The van der Waals surface area contributed by atoms with Crippen LogP contribution in [-0.2, 0) is 0 Å². The molecule has 0 aliphatic carbocycles. The van der Waals surface area contributed by atoms with E-state index in [2.05, 4.69) is 28.8 Å². The lowest BCUT2D eigenvalue weighted by Crippen LogP contribution is -2.43. The monoisotopic (exact) mass is 299 g/mol. The first-order valence-electron chi connectivity index (χ1n) is 7.23. The van der Waals surface area contributed by atoms with E-state index in [1.54, 1.807) is 0 Å². The number of rotatable bonds is 5. The molecule has 1 aliphatic heterocycles. The Kier molecular flexibility index (Phi) is 5.37. The summed E-state index contributed by atoms with van der Waals surface area (Å²) in [6, 6.07) is 0.0757. The van der Waals surface area contributed by atoms with Gasteiger partial charge in [0, 0.05) is 19.6 Å². The summed E-state index contributed by atoms with van der Waals surface area (Å²) in [5, 5.41) is 9.71. The molecule has 20 heavy (non-hydrogen) atoms. The van der Waals surface area contributed by atoms with Crippen LogP contribution in [0.3, 0.4) is 0 Å². The van der Waals surface area contributed by atoms with Crippen molar-refractivity contribution >= 4 is 23.5 Å². The Morgan fingerprint density at radius 2 is 2.00 bits per heavy atom. The number of nitrogens with zero attached hydrogens (tertiary/aromatic N) is 5. The van der Waals surface area contributed by atoms with Crippen molar-refractivity contribution in [2.75, 3.05) is 36.0 Å². The van der Waals surface area contributed by atoms with E-state index < -0.39 is 0 Å². The van der Waals surface area contributed by atoms with Gasteiger partial charge < -0.3 is 14.9 Å². The van der Waals surface area contributed by atoms with Gasteiger partial charge >= 0.3 is 0 Å². The highest BCUT2D eigenvalue weighted by atomic mass is 35.5. The van der Waals surface area contributed by atoms with Gasteiger partial charge in [-0.15, -0.1) is 0 Å². The maximum Gasteiger partial charge on any atom is 0.231 e. The molecule has 1 aromatic heterocycles. The van der Waals surface area contributed by atoms with Crippen LogP contribution in [-0.4, -0.2) is 52.3 Å². The van der Waals surface area contributed by atoms with Crippen molar-refractivity contribution in [2.45, 2.75) is 39.2 Å². The van der Waals surface area contributed by atoms with Gasteiger partial charge in [-0.05, 0) is 44.7 Å². The number of anilines is 2. The largest absolute Gasteiger partial charge is 0.394 e. The average Bonchev–Trinajstić information content (AvgIpc) is 2.48. The van der Waals surface area contributed by atoms with E-state index in [0.717, 1.165) is 38.9 Å². The molecule has 2 rings (SSSR count). The summed E-state index contributed by atoms with van der Waals surface area (Å²) in [6.45, 7) is 6.71. The first kappa shape index (κ1) is 15.3. The Hall–Kier alpha value is -1.14. The molecule has 1 unspecified atom stereocenters. The summed E-state index contributed by atoms with van der Waals surface area (Å²) in [7, 11) is 0. The van der Waals surface area contributed by atoms with Gasteiger partial charge in [0.1, 0.15) is 0 Å². The molecule has 1 saturated heterocycles. The van der Waals surface area contributed by atoms with Gasteiger partial charge in [-0.25, -0.2) is 0 Å². The van der Waals surface area contributed by atoms with E-state index in [1.165, 1.54) is 0 Å². The van der Waals surface area contributed by atoms with E-state index in [9.17, 15) is 5.11 Å². The SMILES string of the molecule is CCN(CC)c1nc(Cl)nc(N2CCCCC2CO)n1. The van der Waals surface area contributed by atoms with Crippen molar-refractivity contribution in [3.8, 4) is 0 Å². The van der Waals surface area contributed by atoms with Crippen molar-refractivity contribution in [1.82, 2.24) is 15.0 Å². The summed E-state index contributed by atoms with van der Waals surface area (Å²) < 4.78 is 0. The molecule has 6 nitrogen and oxygen atoms in total. The van der Waals surface area contributed by atoms with Crippen LogP contribution in [0.2, 0.25) is 5.28 Å². The van der Waals surface area contributed by atoms with E-state index in [0.29, 0.717) is 11.9 Å². The lowest BCUT2D eigenvalue weighted by molar-refractivity contribution is 0.238. The fraction of sp³-hybridized carbons (Fsp3) is 0.769. The fourth-order valence-electron chi connectivity index (χ4n) is 2.56. The molecule has 2 heterocycles. The predicted octanol–water partition coefficient (Wildman–Crippen LogP) is 1.72. The molecule has 0 radical (unpaired) electrons. The second-order valence-corrected chi connectivity index (χ2v) is 5.24. The molecule has 1 atom stereocenters. The minimum absolute atomic E-state index is 0.0757. The van der Waals surface area contributed by atoms with E-state index in [-0.39, 0.29) is 17.9 Å². The summed E-state index contributed by atoms with van der Waals surface area (Å²) in [5.41, 5.74) is 0. The van der Waals surface area contributed by atoms with Crippen LogP contribution in [0.5, 0.6) is 0 Å². The quantitative estimate of drug-likeness (QED) is 0.893. The number of aliphatic hydroxyl groups excluding tert-OH is 1. The van der Waals surface area contributed by atoms with Crippen LogP contribution in [0.4, 0.5) is 11.9 Å². The lowest BCUT2D eigenvalue weighted by Gasteiger charge is -2.34. The number of aromatic nitrogens is 3. The van der Waals surface area contributed by atoms with Gasteiger partial charge in [-0.3, -0.25) is 0 Å². The summed E-state index contributed by atoms with van der Waals surface area (Å²) in [6.07, 6.45) is 3.17. The van der Waals surface area contributed by atoms with E-state index in [4.69, 9.17) is 11.6 Å². The number of halogens is 1. The minimum Gasteiger partial charge on any atom is -0.394 e. The third-order valence-electron chi connectivity index (χ3n) is 3.73. The molecule has 7 heteroatoms. The molecule has 1 fully saturated rings. The van der Waals surface area contributed by atoms with Crippen molar-refractivity contribution < 1.29 is 5.11 Å². The maximum absolute atomic E-state index is 9.51. The Balaban J connectivity index is 2.30. The first-order chi connectivity index (χ1) is 9.69. The summed E-state index contributed by atoms with van der Waals surface area (Å²) in [5.74, 6) is 1.18. The molecule has 0 saturated carbocycles. The fourth-order valence-corrected chi connectivity index (χ4v) is 2.71. The second-order valence-electron chi connectivity index (χ2n) is 4.90. The van der Waals surface area contributed by atoms with Crippen molar-refractivity contribution in [3.05, 3.63) is 5.28 Å². The second kappa shape index (κ2) is 7.04. The molecular weight excluding hydrogens is 278 g/mol. The Labute approximate surface area is 124 Å². The van der Waals surface area contributed by atoms with Gasteiger partial charge in [0.05, 0.1) is 12.6 Å². The maximum atomic E-state index is 9.51. The molecule has 0 aromatic carbocycles. The molecule has 0 spiro atoms. The van der Waals surface area contributed by atoms with Gasteiger partial charge in [-0.1, -0.05) is 0 Å². The number of hydrogen-bond donors (Lipinski definition) is 1. The average molecular weight is 300 g/mol. The highest BCUT2D eigenvalue weighted by molar-refractivity contribution is 6.28. The van der Waals surface area contributed by atoms with Gasteiger partial charge in [0.25, 0.3) is 0 Å². The van der Waals surface area contributed by atoms with Gasteiger partial charge in [0.2, 0.25) is 17.2 Å². The molecule has 1 aliphatic rings. The van der Waals surface area contributed by atoms with E-state index in [1.807, 2.05) is 9.80 Å². The molecular formula is C13H22ClN5O. The number of hydrogen-bond acceptors (Lipinski definition) is 6. The predicted molar refractivity (Wildman–Crippen MR) is 80.5 cm³/mol. The third kappa shape index (κ3) is 3.30. The Morgan fingerprint density at radius 3 is 2.65 bits per heavy atom. The number of aliphatic hydroxyl groups is 1. The molecule has 1 N–H and O–H groups in total. The van der Waals surface area contributed by atoms with Crippen molar-refractivity contribution in [1.29, 1.82) is 0 Å².